The third kappa shape index (κ3) is 28.6. The number of carboxylic acid groups (broad SMARTS) is 2. The van der Waals surface area contributed by atoms with Crippen LogP contribution >= 0.6 is 0 Å². The topological polar surface area (TPSA) is 105 Å². The zero-order valence-electron chi connectivity index (χ0n) is 27.9. The fraction of sp³-hybridized carbons (Fsp3) is 0.944. The maximum atomic E-state index is 10.3. The standard InChI is InChI=1S/2C18H34O3.Mn/c2*1-2-3-4-5-7-10-13-16-17(21-16)14-11-8-6-9-12-15-18(19)20;/h2*16-17H,2-15H2,1H3,(H,19,20);/q;;+2/p-2. The second-order valence-corrected chi connectivity index (χ2v) is 12.9. The maximum absolute atomic E-state index is 10.3. The Kier molecular flexibility index (Phi) is 29.6. The molecular weight excluding hydrogens is 583 g/mol. The summed E-state index contributed by atoms with van der Waals surface area (Å²) in [5.74, 6) is -1.84. The molecule has 43 heavy (non-hydrogen) atoms. The van der Waals surface area contributed by atoms with Crippen LogP contribution in [0, 0.1) is 0 Å². The van der Waals surface area contributed by atoms with E-state index < -0.39 is 11.9 Å². The molecule has 0 spiro atoms. The molecule has 0 bridgehead atoms. The Labute approximate surface area is 275 Å². The summed E-state index contributed by atoms with van der Waals surface area (Å²) >= 11 is 0. The molecule has 7 heteroatoms. The predicted molar refractivity (Wildman–Crippen MR) is 168 cm³/mol. The van der Waals surface area contributed by atoms with Gasteiger partial charge in [0.25, 0.3) is 0 Å². The maximum Gasteiger partial charge on any atom is 2.00 e. The van der Waals surface area contributed by atoms with Gasteiger partial charge in [-0.25, -0.2) is 0 Å². The van der Waals surface area contributed by atoms with Crippen molar-refractivity contribution in [2.45, 2.75) is 218 Å². The molecule has 0 aromatic rings. The average molecular weight is 650 g/mol. The molecule has 0 saturated carbocycles. The number of epoxide rings is 2. The van der Waals surface area contributed by atoms with Crippen LogP contribution < -0.4 is 10.2 Å². The van der Waals surface area contributed by atoms with Gasteiger partial charge in [-0.05, 0) is 51.4 Å². The summed E-state index contributed by atoms with van der Waals surface area (Å²) in [7, 11) is 0. The van der Waals surface area contributed by atoms with Gasteiger partial charge in [-0.2, -0.15) is 0 Å². The van der Waals surface area contributed by atoms with Gasteiger partial charge in [0.2, 0.25) is 0 Å². The summed E-state index contributed by atoms with van der Waals surface area (Å²) in [6.07, 6.45) is 34.5. The molecule has 4 atom stereocenters. The first-order valence-corrected chi connectivity index (χ1v) is 18.2. The Morgan fingerprint density at radius 2 is 0.651 bits per heavy atom. The van der Waals surface area contributed by atoms with E-state index in [0.29, 0.717) is 24.4 Å². The monoisotopic (exact) mass is 649 g/mol. The second kappa shape index (κ2) is 30.1. The number of rotatable bonds is 30. The fourth-order valence-electron chi connectivity index (χ4n) is 5.92. The summed E-state index contributed by atoms with van der Waals surface area (Å²) in [5.41, 5.74) is 0. The largest absolute Gasteiger partial charge is 2.00 e. The van der Waals surface area contributed by atoms with Crippen molar-refractivity contribution < 1.29 is 46.3 Å². The second-order valence-electron chi connectivity index (χ2n) is 12.9. The molecule has 6 nitrogen and oxygen atoms in total. The summed E-state index contributed by atoms with van der Waals surface area (Å²) in [6.45, 7) is 4.51. The van der Waals surface area contributed by atoms with Crippen molar-refractivity contribution in [3.05, 3.63) is 0 Å². The SMILES string of the molecule is CCCCCCCCC1OC1CCCCCCCC(=O)[O-].CCCCCCCCC1OC1CCCCCCCC(=O)[O-].[Mn+2]. The Morgan fingerprint density at radius 1 is 0.419 bits per heavy atom. The summed E-state index contributed by atoms with van der Waals surface area (Å²) in [6, 6.07) is 0. The summed E-state index contributed by atoms with van der Waals surface area (Å²) in [5, 5.41) is 20.5. The Bertz CT molecular complexity index is 591. The molecule has 0 amide bonds. The van der Waals surface area contributed by atoms with Gasteiger partial charge < -0.3 is 29.3 Å². The van der Waals surface area contributed by atoms with Crippen LogP contribution in [0.5, 0.6) is 0 Å². The molecule has 2 saturated heterocycles. The molecular formula is C36H66MnO6. The first kappa shape index (κ1) is 42.4. The molecule has 4 unspecified atom stereocenters. The van der Waals surface area contributed by atoms with Crippen molar-refractivity contribution in [3.63, 3.8) is 0 Å². The predicted octanol–water partition coefficient (Wildman–Crippen LogP) is 7.97. The molecule has 2 fully saturated rings. The molecule has 0 aromatic carbocycles. The number of aliphatic carboxylic acids is 2. The molecule has 0 aliphatic carbocycles. The van der Waals surface area contributed by atoms with E-state index in [1.165, 1.54) is 128 Å². The number of unbranched alkanes of at least 4 members (excludes halogenated alkanes) is 18. The van der Waals surface area contributed by atoms with Gasteiger partial charge in [0, 0.05) is 11.9 Å². The minimum atomic E-state index is -0.918. The van der Waals surface area contributed by atoms with Crippen molar-refractivity contribution in [1.82, 2.24) is 0 Å². The minimum absolute atomic E-state index is 0. The van der Waals surface area contributed by atoms with E-state index >= 15 is 0 Å². The number of carbonyl (C=O) groups excluding carboxylic acids is 2. The van der Waals surface area contributed by atoms with Crippen LogP contribution in [-0.2, 0) is 36.1 Å². The van der Waals surface area contributed by atoms with E-state index in [4.69, 9.17) is 9.47 Å². The summed E-state index contributed by atoms with van der Waals surface area (Å²) in [4.78, 5) is 20.5. The number of ether oxygens (including phenoxy) is 2. The quantitative estimate of drug-likeness (QED) is 0.0444. The molecule has 0 N–H and O–H groups in total. The van der Waals surface area contributed by atoms with Gasteiger partial charge in [-0.1, -0.05) is 142 Å². The smallest absolute Gasteiger partial charge is 0.550 e. The Hall–Kier alpha value is -0.621. The molecule has 2 rings (SSSR count). The van der Waals surface area contributed by atoms with E-state index in [1.807, 2.05) is 0 Å². The molecule has 2 heterocycles. The number of hydrogen-bond donors (Lipinski definition) is 0. The first-order chi connectivity index (χ1) is 20.5. The first-order valence-electron chi connectivity index (χ1n) is 18.2. The molecule has 2 aliphatic rings. The molecule has 0 aromatic heterocycles. The van der Waals surface area contributed by atoms with Crippen molar-refractivity contribution in [1.29, 1.82) is 0 Å². The van der Waals surface area contributed by atoms with Crippen LogP contribution in [-0.4, -0.2) is 36.4 Å². The van der Waals surface area contributed by atoms with E-state index in [0.717, 1.165) is 38.5 Å². The van der Waals surface area contributed by atoms with E-state index in [1.54, 1.807) is 0 Å². The van der Waals surface area contributed by atoms with Gasteiger partial charge in [0.1, 0.15) is 0 Å². The normalized spacial score (nSPS) is 20.1. The molecule has 1 radical (unpaired) electrons. The van der Waals surface area contributed by atoms with Crippen molar-refractivity contribution in [2.75, 3.05) is 0 Å². The number of carbonyl (C=O) groups is 2. The van der Waals surface area contributed by atoms with Gasteiger partial charge in [0.05, 0.1) is 24.4 Å². The Balaban J connectivity index is 0.000000802. The third-order valence-corrected chi connectivity index (χ3v) is 8.80. The van der Waals surface area contributed by atoms with Crippen LogP contribution in [0.4, 0.5) is 0 Å². The fourth-order valence-corrected chi connectivity index (χ4v) is 5.92. The zero-order valence-corrected chi connectivity index (χ0v) is 29.1. The van der Waals surface area contributed by atoms with Gasteiger partial charge in [-0.15, -0.1) is 0 Å². The minimum Gasteiger partial charge on any atom is -0.550 e. The van der Waals surface area contributed by atoms with Crippen LogP contribution in [0.1, 0.15) is 194 Å². The third-order valence-electron chi connectivity index (χ3n) is 8.80. The van der Waals surface area contributed by atoms with E-state index in [2.05, 4.69) is 13.8 Å². The van der Waals surface area contributed by atoms with Crippen LogP contribution in [0.15, 0.2) is 0 Å². The summed E-state index contributed by atoms with van der Waals surface area (Å²) < 4.78 is 11.4. The van der Waals surface area contributed by atoms with Crippen LogP contribution in [0.3, 0.4) is 0 Å². The van der Waals surface area contributed by atoms with E-state index in [9.17, 15) is 19.8 Å². The van der Waals surface area contributed by atoms with E-state index in [-0.39, 0.29) is 29.9 Å². The zero-order chi connectivity index (χ0) is 30.7. The van der Waals surface area contributed by atoms with Crippen LogP contribution in [0.2, 0.25) is 0 Å². The average Bonchev–Trinajstić information content (AvgIpc) is 3.89. The molecule has 253 valence electrons. The van der Waals surface area contributed by atoms with Gasteiger partial charge >= 0.3 is 17.1 Å². The van der Waals surface area contributed by atoms with Gasteiger partial charge in [0.15, 0.2) is 0 Å². The van der Waals surface area contributed by atoms with Crippen molar-refractivity contribution in [2.24, 2.45) is 0 Å². The van der Waals surface area contributed by atoms with Gasteiger partial charge in [-0.3, -0.25) is 0 Å². The number of carboxylic acids is 2. The van der Waals surface area contributed by atoms with Crippen molar-refractivity contribution in [3.8, 4) is 0 Å². The number of hydrogen-bond acceptors (Lipinski definition) is 6. The molecule has 2 aliphatic heterocycles. The Morgan fingerprint density at radius 3 is 0.907 bits per heavy atom. The van der Waals surface area contributed by atoms with Crippen LogP contribution in [0.25, 0.3) is 0 Å². The van der Waals surface area contributed by atoms with Crippen molar-refractivity contribution >= 4 is 11.9 Å².